The summed E-state index contributed by atoms with van der Waals surface area (Å²) in [6.07, 6.45) is 1.94. The highest BCUT2D eigenvalue weighted by Gasteiger charge is 2.19. The summed E-state index contributed by atoms with van der Waals surface area (Å²) in [4.78, 5) is 9.66. The van der Waals surface area contributed by atoms with Crippen LogP contribution in [0.1, 0.15) is 11.4 Å². The highest BCUT2D eigenvalue weighted by Crippen LogP contribution is 2.31. The molecule has 0 aromatic carbocycles. The van der Waals surface area contributed by atoms with E-state index < -0.39 is 0 Å². The normalized spacial score (nSPS) is 16.2. The fraction of sp³-hybridized carbons (Fsp3) is 0.471. The Morgan fingerprint density at radius 2 is 2.00 bits per heavy atom. The lowest BCUT2D eigenvalue weighted by molar-refractivity contribution is 0.313. The van der Waals surface area contributed by atoms with Gasteiger partial charge < -0.3 is 14.4 Å². The molecule has 2 aromatic rings. The van der Waals surface area contributed by atoms with Crippen LogP contribution >= 0.6 is 11.3 Å². The molecule has 3 heterocycles. The predicted octanol–water partition coefficient (Wildman–Crippen LogP) is 3.17. The van der Waals surface area contributed by atoms with E-state index in [2.05, 4.69) is 53.3 Å². The fourth-order valence-electron chi connectivity index (χ4n) is 3.00. The van der Waals surface area contributed by atoms with Crippen molar-refractivity contribution in [3.05, 3.63) is 35.5 Å². The van der Waals surface area contributed by atoms with E-state index in [4.69, 9.17) is 4.98 Å². The molecule has 0 spiro atoms. The lowest BCUT2D eigenvalue weighted by Gasteiger charge is -2.32. The zero-order valence-corrected chi connectivity index (χ0v) is 14.5. The lowest BCUT2D eigenvalue weighted by Crippen LogP contribution is -2.44. The summed E-state index contributed by atoms with van der Waals surface area (Å²) in [5, 5.41) is 3.34. The summed E-state index contributed by atoms with van der Waals surface area (Å²) >= 11 is 1.76. The van der Waals surface area contributed by atoms with Crippen LogP contribution in [0.15, 0.2) is 24.1 Å². The lowest BCUT2D eigenvalue weighted by atomic mass is 10.2. The molecule has 0 N–H and O–H groups in total. The van der Waals surface area contributed by atoms with Gasteiger partial charge >= 0.3 is 0 Å². The summed E-state index contributed by atoms with van der Waals surface area (Å²) in [5.74, 6) is 0. The molecule has 5 heteroatoms. The SMILES string of the molecule is C=CCn1c(C)cc(-c2csc(N3CCN(C)CC3)n2)c1C. The number of aromatic nitrogens is 2. The second kappa shape index (κ2) is 6.26. The molecule has 3 rings (SSSR count). The molecule has 1 aliphatic heterocycles. The Labute approximate surface area is 136 Å². The third kappa shape index (κ3) is 2.83. The standard InChI is InChI=1S/C17H24N4S/c1-5-6-21-13(2)11-15(14(21)3)16-12-22-17(18-16)20-9-7-19(4)8-10-20/h5,11-12H,1,6-10H2,2-4H3. The van der Waals surface area contributed by atoms with Gasteiger partial charge in [0.2, 0.25) is 0 Å². The van der Waals surface area contributed by atoms with E-state index >= 15 is 0 Å². The molecule has 4 nitrogen and oxygen atoms in total. The van der Waals surface area contributed by atoms with Crippen LogP contribution in [0.2, 0.25) is 0 Å². The Balaban J connectivity index is 1.85. The molecule has 0 saturated carbocycles. The first-order chi connectivity index (χ1) is 10.6. The van der Waals surface area contributed by atoms with Gasteiger partial charge in [0.1, 0.15) is 0 Å². The molecule has 118 valence electrons. The molecular weight excluding hydrogens is 292 g/mol. The Morgan fingerprint density at radius 1 is 1.27 bits per heavy atom. The topological polar surface area (TPSA) is 24.3 Å². The van der Waals surface area contributed by atoms with E-state index in [0.717, 1.165) is 43.5 Å². The second-order valence-electron chi connectivity index (χ2n) is 5.99. The molecule has 0 atom stereocenters. The molecular formula is C17H24N4S. The first-order valence-electron chi connectivity index (χ1n) is 7.77. The van der Waals surface area contributed by atoms with E-state index in [-0.39, 0.29) is 0 Å². The largest absolute Gasteiger partial charge is 0.346 e. The van der Waals surface area contributed by atoms with Crippen LogP contribution in [-0.4, -0.2) is 47.7 Å². The number of hydrogen-bond acceptors (Lipinski definition) is 4. The van der Waals surface area contributed by atoms with E-state index in [1.54, 1.807) is 11.3 Å². The van der Waals surface area contributed by atoms with Crippen LogP contribution in [-0.2, 0) is 6.54 Å². The number of likely N-dealkylation sites (N-methyl/N-ethyl adjacent to an activating group) is 1. The van der Waals surface area contributed by atoms with Crippen molar-refractivity contribution in [2.45, 2.75) is 20.4 Å². The number of nitrogens with zero attached hydrogens (tertiary/aromatic N) is 4. The van der Waals surface area contributed by atoms with Crippen LogP contribution < -0.4 is 4.90 Å². The maximum absolute atomic E-state index is 4.89. The van der Waals surface area contributed by atoms with E-state index in [0.29, 0.717) is 0 Å². The Morgan fingerprint density at radius 3 is 2.68 bits per heavy atom. The summed E-state index contributed by atoms with van der Waals surface area (Å²) in [6.45, 7) is 13.4. The molecule has 0 amide bonds. The number of piperazine rings is 1. The molecule has 0 aliphatic carbocycles. The van der Waals surface area contributed by atoms with Gasteiger partial charge in [-0.3, -0.25) is 0 Å². The van der Waals surface area contributed by atoms with Crippen molar-refractivity contribution in [3.63, 3.8) is 0 Å². The Hall–Kier alpha value is -1.59. The number of hydrogen-bond donors (Lipinski definition) is 0. The molecule has 1 saturated heterocycles. The third-order valence-electron chi connectivity index (χ3n) is 4.43. The zero-order valence-electron chi connectivity index (χ0n) is 13.7. The summed E-state index contributed by atoms with van der Waals surface area (Å²) in [6, 6.07) is 2.24. The van der Waals surface area contributed by atoms with Crippen molar-refractivity contribution in [1.82, 2.24) is 14.5 Å². The second-order valence-corrected chi connectivity index (χ2v) is 6.83. The average molecular weight is 316 g/mol. The number of aryl methyl sites for hydroxylation is 1. The minimum atomic E-state index is 0.854. The predicted molar refractivity (Wildman–Crippen MR) is 94.9 cm³/mol. The molecule has 1 fully saturated rings. The van der Waals surface area contributed by atoms with Gasteiger partial charge in [0.25, 0.3) is 0 Å². The molecule has 0 bridgehead atoms. The smallest absolute Gasteiger partial charge is 0.185 e. The highest BCUT2D eigenvalue weighted by molar-refractivity contribution is 7.14. The van der Waals surface area contributed by atoms with Crippen LogP contribution in [0, 0.1) is 13.8 Å². The first-order valence-corrected chi connectivity index (χ1v) is 8.65. The minimum absolute atomic E-state index is 0.854. The summed E-state index contributed by atoms with van der Waals surface area (Å²) in [5.41, 5.74) is 4.88. The van der Waals surface area contributed by atoms with Crippen LogP contribution in [0.5, 0.6) is 0 Å². The average Bonchev–Trinajstić information content (AvgIpc) is 3.08. The molecule has 0 radical (unpaired) electrons. The summed E-state index contributed by atoms with van der Waals surface area (Å²) in [7, 11) is 2.18. The number of rotatable bonds is 4. The quantitative estimate of drug-likeness (QED) is 0.810. The van der Waals surface area contributed by atoms with Crippen LogP contribution in [0.4, 0.5) is 5.13 Å². The van der Waals surface area contributed by atoms with Gasteiger partial charge in [-0.2, -0.15) is 0 Å². The van der Waals surface area contributed by atoms with Gasteiger partial charge in [-0.15, -0.1) is 17.9 Å². The van der Waals surface area contributed by atoms with Gasteiger partial charge in [0.05, 0.1) is 5.69 Å². The Bertz CT molecular complexity index is 662. The number of anilines is 1. The maximum atomic E-state index is 4.89. The molecule has 22 heavy (non-hydrogen) atoms. The summed E-state index contributed by atoms with van der Waals surface area (Å²) < 4.78 is 2.29. The minimum Gasteiger partial charge on any atom is -0.346 e. The van der Waals surface area contributed by atoms with Crippen molar-refractivity contribution in [1.29, 1.82) is 0 Å². The van der Waals surface area contributed by atoms with Crippen molar-refractivity contribution < 1.29 is 0 Å². The number of thiazole rings is 1. The van der Waals surface area contributed by atoms with Crippen LogP contribution in [0.3, 0.4) is 0 Å². The van der Waals surface area contributed by atoms with Crippen molar-refractivity contribution in [3.8, 4) is 11.3 Å². The first kappa shape index (κ1) is 15.3. The van der Waals surface area contributed by atoms with Gasteiger partial charge in [-0.1, -0.05) is 6.08 Å². The molecule has 0 unspecified atom stereocenters. The molecule has 1 aliphatic rings. The van der Waals surface area contributed by atoms with Crippen LogP contribution in [0.25, 0.3) is 11.3 Å². The van der Waals surface area contributed by atoms with Gasteiger partial charge in [-0.05, 0) is 27.0 Å². The van der Waals surface area contributed by atoms with E-state index in [1.165, 1.54) is 17.0 Å². The maximum Gasteiger partial charge on any atom is 0.185 e. The zero-order chi connectivity index (χ0) is 15.7. The highest BCUT2D eigenvalue weighted by atomic mass is 32.1. The van der Waals surface area contributed by atoms with Gasteiger partial charge in [0, 0.05) is 55.1 Å². The Kier molecular flexibility index (Phi) is 4.36. The fourth-order valence-corrected chi connectivity index (χ4v) is 3.88. The van der Waals surface area contributed by atoms with Gasteiger partial charge in [-0.25, -0.2) is 4.98 Å². The van der Waals surface area contributed by atoms with Crippen molar-refractivity contribution in [2.75, 3.05) is 38.1 Å². The van der Waals surface area contributed by atoms with Gasteiger partial charge in [0.15, 0.2) is 5.13 Å². The molecule has 2 aromatic heterocycles. The van der Waals surface area contributed by atoms with E-state index in [1.807, 2.05) is 6.08 Å². The van der Waals surface area contributed by atoms with E-state index in [9.17, 15) is 0 Å². The monoisotopic (exact) mass is 316 g/mol. The van der Waals surface area contributed by atoms with Crippen molar-refractivity contribution in [2.24, 2.45) is 0 Å². The number of allylic oxidation sites excluding steroid dienone is 1. The van der Waals surface area contributed by atoms with Crippen molar-refractivity contribution >= 4 is 16.5 Å². The third-order valence-corrected chi connectivity index (χ3v) is 5.33.